The topological polar surface area (TPSA) is 277 Å². The molecule has 0 spiro atoms. The number of primary amides is 2. The van der Waals surface area contributed by atoms with E-state index in [2.05, 4.69) is 5.32 Å². The lowest BCUT2D eigenvalue weighted by Gasteiger charge is -2.26. The fraction of sp³-hybridized carbons (Fsp3) is 0.500. The highest BCUT2D eigenvalue weighted by atomic mass is 16.4. The van der Waals surface area contributed by atoms with Crippen LogP contribution in [-0.4, -0.2) is 45.8 Å². The second kappa shape index (κ2) is 14.7. The Labute approximate surface area is 214 Å². The van der Waals surface area contributed by atoms with Crippen LogP contribution >= 0.6 is 0 Å². The first-order valence-corrected chi connectivity index (χ1v) is 11.4. The Morgan fingerprint density at radius 3 is 1.97 bits per heavy atom. The summed E-state index contributed by atoms with van der Waals surface area (Å²) in [4.78, 5) is 71.7. The zero-order valence-corrected chi connectivity index (χ0v) is 20.8. The minimum absolute atomic E-state index is 0. The molecule has 0 aromatic heterocycles. The van der Waals surface area contributed by atoms with Gasteiger partial charge < -0.3 is 34.0 Å². The van der Waals surface area contributed by atoms with Crippen molar-refractivity contribution in [2.24, 2.45) is 41.1 Å². The molecule has 13 N–H and O–H groups in total. The number of aliphatic carboxylic acids is 2. The van der Waals surface area contributed by atoms with Crippen molar-refractivity contribution in [2.75, 3.05) is 0 Å². The van der Waals surface area contributed by atoms with Gasteiger partial charge in [-0.1, -0.05) is 37.3 Å². The van der Waals surface area contributed by atoms with E-state index >= 15 is 0 Å². The van der Waals surface area contributed by atoms with Crippen LogP contribution in [-0.2, 0) is 28.8 Å². The molecule has 37 heavy (non-hydrogen) atoms. The van der Waals surface area contributed by atoms with Crippen LogP contribution in [0.15, 0.2) is 30.3 Å². The zero-order chi connectivity index (χ0) is 26.3. The Morgan fingerprint density at radius 1 is 0.892 bits per heavy atom. The Morgan fingerprint density at radius 2 is 1.49 bits per heavy atom. The van der Waals surface area contributed by atoms with E-state index < -0.39 is 71.6 Å². The maximum absolute atomic E-state index is 12.6. The molecule has 1 heterocycles. The van der Waals surface area contributed by atoms with E-state index in [1.165, 1.54) is 0 Å². The highest BCUT2D eigenvalue weighted by Gasteiger charge is 2.45. The van der Waals surface area contributed by atoms with Gasteiger partial charge in [-0.2, -0.15) is 0 Å². The summed E-state index contributed by atoms with van der Waals surface area (Å²) in [5.74, 6) is -10.7. The molecule has 1 fully saturated rings. The van der Waals surface area contributed by atoms with Gasteiger partial charge in [0.2, 0.25) is 23.6 Å². The van der Waals surface area contributed by atoms with Crippen molar-refractivity contribution in [3.63, 3.8) is 0 Å². The van der Waals surface area contributed by atoms with Gasteiger partial charge in [-0.15, -0.1) is 0 Å². The molecular formula is C24H37N5O8. The number of benzene rings is 1. The quantitative estimate of drug-likeness (QED) is 0.169. The molecule has 1 aliphatic heterocycles. The van der Waals surface area contributed by atoms with E-state index in [9.17, 15) is 33.9 Å². The van der Waals surface area contributed by atoms with Crippen molar-refractivity contribution in [1.82, 2.24) is 17.6 Å². The first-order chi connectivity index (χ1) is 16.4. The Kier molecular flexibility index (Phi) is 13.1. The van der Waals surface area contributed by atoms with Crippen LogP contribution in [0.25, 0.3) is 0 Å². The second-order valence-corrected chi connectivity index (χ2v) is 8.99. The van der Waals surface area contributed by atoms with Crippen LogP contribution in [0.2, 0.25) is 0 Å². The fourth-order valence-corrected chi connectivity index (χ4v) is 4.83. The summed E-state index contributed by atoms with van der Waals surface area (Å²) in [7, 11) is 0. The summed E-state index contributed by atoms with van der Waals surface area (Å²) in [5, 5.41) is 21.0. The monoisotopic (exact) mass is 523 g/mol. The van der Waals surface area contributed by atoms with Gasteiger partial charge >= 0.3 is 11.9 Å². The number of nitrogens with one attached hydrogen (secondary N) is 1. The average molecular weight is 524 g/mol. The maximum atomic E-state index is 12.6. The molecule has 13 heteroatoms. The van der Waals surface area contributed by atoms with Crippen molar-refractivity contribution < 1.29 is 39.0 Å². The highest BCUT2D eigenvalue weighted by molar-refractivity contribution is 6.05. The van der Waals surface area contributed by atoms with Crippen molar-refractivity contribution in [2.45, 2.75) is 44.9 Å². The SMILES string of the molecule is CC(c1ccccc1)C1C(=O)NC(=O)C1CCC(C(N)=O)C(CCC(CC(=O)O)C(N)=O)C(=O)O.N.N. The van der Waals surface area contributed by atoms with Gasteiger partial charge in [-0.3, -0.25) is 34.1 Å². The molecule has 0 bridgehead atoms. The van der Waals surface area contributed by atoms with E-state index in [-0.39, 0.29) is 43.9 Å². The summed E-state index contributed by atoms with van der Waals surface area (Å²) >= 11 is 0. The van der Waals surface area contributed by atoms with E-state index in [1.54, 1.807) is 0 Å². The number of carbonyl (C=O) groups excluding carboxylic acids is 4. The smallest absolute Gasteiger partial charge is 0.307 e. The third-order valence-corrected chi connectivity index (χ3v) is 6.79. The van der Waals surface area contributed by atoms with Gasteiger partial charge in [-0.05, 0) is 37.2 Å². The molecule has 6 atom stereocenters. The van der Waals surface area contributed by atoms with Crippen molar-refractivity contribution >= 4 is 35.6 Å². The summed E-state index contributed by atoms with van der Waals surface area (Å²) in [6.07, 6.45) is -0.949. The maximum Gasteiger partial charge on any atom is 0.307 e. The van der Waals surface area contributed by atoms with Crippen molar-refractivity contribution in [1.29, 1.82) is 0 Å². The summed E-state index contributed by atoms with van der Waals surface area (Å²) < 4.78 is 0. The molecule has 1 saturated heterocycles. The molecule has 1 aliphatic rings. The second-order valence-electron chi connectivity index (χ2n) is 8.99. The van der Waals surface area contributed by atoms with E-state index in [0.29, 0.717) is 0 Å². The lowest BCUT2D eigenvalue weighted by molar-refractivity contribution is -0.147. The molecule has 1 aromatic carbocycles. The van der Waals surface area contributed by atoms with Crippen LogP contribution < -0.4 is 29.1 Å². The number of hydrogen-bond acceptors (Lipinski definition) is 8. The molecule has 0 saturated carbocycles. The lowest BCUT2D eigenvalue weighted by Crippen LogP contribution is -2.36. The third kappa shape index (κ3) is 8.65. The molecule has 0 aliphatic carbocycles. The Bertz CT molecular complexity index is 987. The predicted octanol–water partition coefficient (Wildman–Crippen LogP) is 0.942. The standard InChI is InChI=1S/C24H31N3O8.2H3N/c1-12(13-5-3-2-4-6-13)19-17(22(32)27-23(19)33)10-9-15(21(26)31)16(24(34)35)8-7-14(20(25)30)11-18(28)29;;/h2-6,12,14-17,19H,7-11H2,1H3,(H2,25,30)(H2,26,31)(H,28,29)(H,34,35)(H,27,32,33);2*1H3. The predicted molar refractivity (Wildman–Crippen MR) is 132 cm³/mol. The van der Waals surface area contributed by atoms with Crippen LogP contribution in [0, 0.1) is 29.6 Å². The van der Waals surface area contributed by atoms with E-state index in [0.717, 1.165) is 5.56 Å². The van der Waals surface area contributed by atoms with E-state index in [1.807, 2.05) is 37.3 Å². The van der Waals surface area contributed by atoms with Crippen molar-refractivity contribution in [3.8, 4) is 0 Å². The van der Waals surface area contributed by atoms with Crippen LogP contribution in [0.4, 0.5) is 0 Å². The number of rotatable bonds is 14. The number of carboxylic acid groups (broad SMARTS) is 2. The van der Waals surface area contributed by atoms with Crippen LogP contribution in [0.5, 0.6) is 0 Å². The van der Waals surface area contributed by atoms with Gasteiger partial charge in [0.1, 0.15) is 0 Å². The normalized spacial score (nSPS) is 19.8. The molecule has 6 unspecified atom stereocenters. The molecule has 13 nitrogen and oxygen atoms in total. The lowest BCUT2D eigenvalue weighted by atomic mass is 9.75. The molecule has 206 valence electrons. The highest BCUT2D eigenvalue weighted by Crippen LogP contribution is 2.38. The molecule has 0 radical (unpaired) electrons. The van der Waals surface area contributed by atoms with Gasteiger partial charge in [0.05, 0.1) is 30.1 Å². The van der Waals surface area contributed by atoms with Gasteiger partial charge in [0.15, 0.2) is 0 Å². The minimum Gasteiger partial charge on any atom is -0.481 e. The first kappa shape index (κ1) is 33.2. The number of imide groups is 1. The number of carbonyl (C=O) groups is 6. The number of carboxylic acids is 2. The summed E-state index contributed by atoms with van der Waals surface area (Å²) in [5.41, 5.74) is 11.6. The minimum atomic E-state index is -1.34. The molecule has 1 aromatic rings. The summed E-state index contributed by atoms with van der Waals surface area (Å²) in [6, 6.07) is 9.16. The molecule has 4 amide bonds. The molecular weight excluding hydrogens is 486 g/mol. The fourth-order valence-electron chi connectivity index (χ4n) is 4.83. The Balaban J connectivity index is 0.00000648. The number of amides is 4. The number of hydrogen-bond donors (Lipinski definition) is 7. The largest absolute Gasteiger partial charge is 0.481 e. The zero-order valence-electron chi connectivity index (χ0n) is 20.8. The average Bonchev–Trinajstić information content (AvgIpc) is 3.06. The van der Waals surface area contributed by atoms with Gasteiger partial charge in [-0.25, -0.2) is 0 Å². The number of nitrogens with two attached hydrogens (primary N) is 2. The van der Waals surface area contributed by atoms with Crippen molar-refractivity contribution in [3.05, 3.63) is 35.9 Å². The summed E-state index contributed by atoms with van der Waals surface area (Å²) in [6.45, 7) is 1.82. The molecule has 2 rings (SSSR count). The Hall–Kier alpha value is -3.84. The van der Waals surface area contributed by atoms with E-state index in [4.69, 9.17) is 16.6 Å². The third-order valence-electron chi connectivity index (χ3n) is 6.79. The van der Waals surface area contributed by atoms with Crippen LogP contribution in [0.1, 0.15) is 50.5 Å². The van der Waals surface area contributed by atoms with Gasteiger partial charge in [0, 0.05) is 5.92 Å². The van der Waals surface area contributed by atoms with Gasteiger partial charge in [0.25, 0.3) is 0 Å². The van der Waals surface area contributed by atoms with Crippen LogP contribution in [0.3, 0.4) is 0 Å². The first-order valence-electron chi connectivity index (χ1n) is 11.4.